The Balaban J connectivity index is 2.07. The molecule has 1 aromatic carbocycles. The minimum atomic E-state index is -1.86. The molecule has 6 heteroatoms. The van der Waals surface area contributed by atoms with E-state index in [0.717, 1.165) is 11.8 Å². The number of alkyl halides is 2. The maximum Gasteiger partial charge on any atom is 0.312 e. The van der Waals surface area contributed by atoms with E-state index in [2.05, 4.69) is 15.9 Å². The number of thioether (sulfide) groups is 1. The summed E-state index contributed by atoms with van der Waals surface area (Å²) in [5, 5.41) is 8.07. The first kappa shape index (κ1) is 11.9. The molecule has 2 nitrogen and oxygen atoms in total. The molecule has 1 saturated carbocycles. The molecule has 0 bridgehead atoms. The van der Waals surface area contributed by atoms with Crippen molar-refractivity contribution in [3.8, 4) is 0 Å². The molecule has 0 saturated heterocycles. The van der Waals surface area contributed by atoms with Gasteiger partial charge in [0.15, 0.2) is 4.58 Å². The Kier molecular flexibility index (Phi) is 2.96. The Labute approximate surface area is 103 Å². The van der Waals surface area contributed by atoms with Crippen molar-refractivity contribution in [3.63, 3.8) is 0 Å². The number of rotatable bonds is 3. The molecule has 0 radical (unpaired) electrons. The van der Waals surface area contributed by atoms with Crippen molar-refractivity contribution in [3.05, 3.63) is 30.1 Å². The molecule has 1 aromatic rings. The number of carbonyl (C=O) groups is 1. The molecule has 3 unspecified atom stereocenters. The third kappa shape index (κ3) is 2.08. The molecule has 1 aliphatic carbocycles. The third-order valence-corrected chi connectivity index (χ3v) is 5.03. The van der Waals surface area contributed by atoms with Gasteiger partial charge in [0.05, 0.1) is 5.25 Å². The monoisotopic (exact) mass is 308 g/mol. The second kappa shape index (κ2) is 4.00. The lowest BCUT2D eigenvalue weighted by atomic mass is 10.4. The highest BCUT2D eigenvalue weighted by atomic mass is 79.9. The van der Waals surface area contributed by atoms with E-state index < -0.39 is 21.7 Å². The molecule has 0 heterocycles. The summed E-state index contributed by atoms with van der Waals surface area (Å²) in [6.07, 6.45) is 0. The smallest absolute Gasteiger partial charge is 0.312 e. The summed E-state index contributed by atoms with van der Waals surface area (Å²) in [4.78, 5) is 11.3. The van der Waals surface area contributed by atoms with E-state index >= 15 is 0 Å². The fourth-order valence-electron chi connectivity index (χ4n) is 1.40. The highest BCUT2D eigenvalue weighted by Gasteiger charge is 2.70. The van der Waals surface area contributed by atoms with Crippen LogP contribution in [0, 0.1) is 11.7 Å². The van der Waals surface area contributed by atoms with Crippen molar-refractivity contribution in [1.82, 2.24) is 0 Å². The van der Waals surface area contributed by atoms with Gasteiger partial charge in [-0.3, -0.25) is 4.79 Å². The van der Waals surface area contributed by atoms with Gasteiger partial charge in [-0.2, -0.15) is 0 Å². The first-order valence-corrected chi connectivity index (χ1v) is 6.13. The third-order valence-electron chi connectivity index (χ3n) is 2.33. The molecule has 16 heavy (non-hydrogen) atoms. The van der Waals surface area contributed by atoms with Crippen LogP contribution in [0.3, 0.4) is 0 Å². The molecule has 1 N–H and O–H groups in total. The van der Waals surface area contributed by atoms with Gasteiger partial charge in [0.2, 0.25) is 0 Å². The molecular weight excluding hydrogens is 302 g/mol. The standard InChI is InChI=1S/C10H7BrF2O2S/c11-10(13)7(9(14)15)8(10)16-6-3-1-5(12)2-4-6/h1-4,7-8H,(H,14,15). The molecule has 0 aliphatic heterocycles. The number of hydrogen-bond donors (Lipinski definition) is 1. The van der Waals surface area contributed by atoms with Gasteiger partial charge in [-0.25, -0.2) is 8.78 Å². The fourth-order valence-corrected chi connectivity index (χ4v) is 3.71. The van der Waals surface area contributed by atoms with Gasteiger partial charge < -0.3 is 5.11 Å². The molecule has 1 aliphatic rings. The molecule has 2 rings (SSSR count). The zero-order valence-electron chi connectivity index (χ0n) is 7.86. The number of aliphatic carboxylic acids is 1. The highest BCUT2D eigenvalue weighted by molar-refractivity contribution is 9.10. The molecular formula is C10H7BrF2O2S. The van der Waals surface area contributed by atoms with Crippen LogP contribution in [0.1, 0.15) is 0 Å². The van der Waals surface area contributed by atoms with Crippen molar-refractivity contribution in [1.29, 1.82) is 0 Å². The Bertz CT molecular complexity index is 421. The molecule has 0 amide bonds. The normalized spacial score (nSPS) is 32.4. The Morgan fingerprint density at radius 2 is 2.00 bits per heavy atom. The predicted molar refractivity (Wildman–Crippen MR) is 59.9 cm³/mol. The fraction of sp³-hybridized carbons (Fsp3) is 0.300. The number of carboxylic acid groups (broad SMARTS) is 1. The number of halogens is 3. The maximum atomic E-state index is 13.6. The van der Waals surface area contributed by atoms with E-state index in [9.17, 15) is 13.6 Å². The zero-order chi connectivity index (χ0) is 11.9. The number of hydrogen-bond acceptors (Lipinski definition) is 2. The van der Waals surface area contributed by atoms with E-state index in [4.69, 9.17) is 5.11 Å². The number of benzene rings is 1. The van der Waals surface area contributed by atoms with Crippen LogP contribution in [0.25, 0.3) is 0 Å². The summed E-state index contributed by atoms with van der Waals surface area (Å²) >= 11 is 3.84. The first-order valence-electron chi connectivity index (χ1n) is 4.46. The van der Waals surface area contributed by atoms with Crippen LogP contribution in [0.5, 0.6) is 0 Å². The Morgan fingerprint density at radius 3 is 2.44 bits per heavy atom. The average molecular weight is 309 g/mol. The van der Waals surface area contributed by atoms with Crippen LogP contribution in [-0.4, -0.2) is 20.9 Å². The van der Waals surface area contributed by atoms with E-state index in [-0.39, 0.29) is 5.82 Å². The summed E-state index contributed by atoms with van der Waals surface area (Å²) in [5.41, 5.74) is 0. The van der Waals surface area contributed by atoms with Crippen molar-refractivity contribution in [2.24, 2.45) is 5.92 Å². The lowest BCUT2D eigenvalue weighted by molar-refractivity contribution is -0.139. The predicted octanol–water partition coefficient (Wildman–Crippen LogP) is 3.06. The van der Waals surface area contributed by atoms with Crippen molar-refractivity contribution in [2.45, 2.75) is 14.7 Å². The van der Waals surface area contributed by atoms with E-state index in [1.165, 1.54) is 24.3 Å². The van der Waals surface area contributed by atoms with Crippen molar-refractivity contribution in [2.75, 3.05) is 0 Å². The van der Waals surface area contributed by atoms with Crippen LogP contribution < -0.4 is 0 Å². The molecule has 0 aromatic heterocycles. The second-order valence-corrected chi connectivity index (χ2v) is 5.91. The van der Waals surface area contributed by atoms with Gasteiger partial charge in [-0.1, -0.05) is 0 Å². The topological polar surface area (TPSA) is 37.3 Å². The molecule has 1 fully saturated rings. The van der Waals surface area contributed by atoms with Crippen LogP contribution >= 0.6 is 27.7 Å². The largest absolute Gasteiger partial charge is 0.481 e. The van der Waals surface area contributed by atoms with Crippen molar-refractivity contribution >= 4 is 33.7 Å². The van der Waals surface area contributed by atoms with Crippen LogP contribution in [0.2, 0.25) is 0 Å². The summed E-state index contributed by atoms with van der Waals surface area (Å²) in [6.45, 7) is 0. The van der Waals surface area contributed by atoms with Crippen LogP contribution in [0.15, 0.2) is 29.2 Å². The van der Waals surface area contributed by atoms with E-state index in [1.54, 1.807) is 0 Å². The zero-order valence-corrected chi connectivity index (χ0v) is 10.3. The summed E-state index contributed by atoms with van der Waals surface area (Å²) in [5.74, 6) is -2.60. The van der Waals surface area contributed by atoms with E-state index in [1.807, 2.05) is 0 Å². The molecule has 3 atom stereocenters. The van der Waals surface area contributed by atoms with Crippen LogP contribution in [0.4, 0.5) is 8.78 Å². The molecule has 86 valence electrons. The van der Waals surface area contributed by atoms with Crippen LogP contribution in [-0.2, 0) is 4.79 Å². The minimum Gasteiger partial charge on any atom is -0.481 e. The summed E-state index contributed by atoms with van der Waals surface area (Å²) in [7, 11) is 0. The SMILES string of the molecule is O=C(O)C1C(Sc2ccc(F)cc2)C1(F)Br. The summed E-state index contributed by atoms with van der Waals surface area (Å²) < 4.78 is 24.3. The maximum absolute atomic E-state index is 13.6. The number of carboxylic acids is 1. The Morgan fingerprint density at radius 1 is 1.44 bits per heavy atom. The van der Waals surface area contributed by atoms with Gasteiger partial charge >= 0.3 is 5.97 Å². The summed E-state index contributed by atoms with van der Waals surface area (Å²) in [6, 6.07) is 5.52. The molecule has 0 spiro atoms. The van der Waals surface area contributed by atoms with Gasteiger partial charge in [-0.05, 0) is 40.2 Å². The lowest BCUT2D eigenvalue weighted by Gasteiger charge is -1.99. The van der Waals surface area contributed by atoms with Gasteiger partial charge in [0, 0.05) is 4.90 Å². The van der Waals surface area contributed by atoms with Gasteiger partial charge in [0.25, 0.3) is 0 Å². The first-order chi connectivity index (χ1) is 7.43. The second-order valence-electron chi connectivity index (χ2n) is 3.48. The highest BCUT2D eigenvalue weighted by Crippen LogP contribution is 2.60. The lowest BCUT2D eigenvalue weighted by Crippen LogP contribution is -2.03. The van der Waals surface area contributed by atoms with Crippen molar-refractivity contribution < 1.29 is 18.7 Å². The average Bonchev–Trinajstić information content (AvgIpc) is 2.72. The Hall–Kier alpha value is -0.620. The minimum absolute atomic E-state index is 0.375. The quantitative estimate of drug-likeness (QED) is 0.872. The van der Waals surface area contributed by atoms with Gasteiger partial charge in [-0.15, -0.1) is 11.8 Å². The van der Waals surface area contributed by atoms with E-state index in [0.29, 0.717) is 4.90 Å². The van der Waals surface area contributed by atoms with Gasteiger partial charge in [0.1, 0.15) is 11.7 Å².